The molecule has 1 atom stereocenters. The molecule has 94 valence electrons. The third kappa shape index (κ3) is 8.55. The Kier molecular flexibility index (Phi) is 9.03. The Morgan fingerprint density at radius 2 is 2.06 bits per heavy atom. The lowest BCUT2D eigenvalue weighted by molar-refractivity contribution is -0.117. The molecule has 3 amide bonds. The number of nitrogens with one attached hydrogen (secondary N) is 2. The fraction of sp³-hybridized carbons (Fsp3) is 0.800. The third-order valence-electron chi connectivity index (χ3n) is 1.88. The first kappa shape index (κ1) is 15.2. The highest BCUT2D eigenvalue weighted by Crippen LogP contribution is 2.02. The van der Waals surface area contributed by atoms with Gasteiger partial charge in [-0.15, -0.1) is 0 Å². The maximum Gasteiger partial charge on any atom is 0.321 e. The van der Waals surface area contributed by atoms with Crippen LogP contribution in [0.15, 0.2) is 0 Å². The zero-order valence-corrected chi connectivity index (χ0v) is 10.7. The fourth-order valence-corrected chi connectivity index (χ4v) is 1.78. The SMILES string of the molecule is CCCNC(=O)NC(=O)CSCC(N)CC. The summed E-state index contributed by atoms with van der Waals surface area (Å²) >= 11 is 1.44. The van der Waals surface area contributed by atoms with Crippen molar-refractivity contribution in [2.75, 3.05) is 18.1 Å². The normalized spacial score (nSPS) is 11.9. The van der Waals surface area contributed by atoms with E-state index in [9.17, 15) is 9.59 Å². The second kappa shape index (κ2) is 9.47. The van der Waals surface area contributed by atoms with Crippen molar-refractivity contribution in [1.29, 1.82) is 0 Å². The van der Waals surface area contributed by atoms with E-state index in [-0.39, 0.29) is 17.7 Å². The summed E-state index contributed by atoms with van der Waals surface area (Å²) < 4.78 is 0. The Bertz CT molecular complexity index is 224. The molecule has 0 heterocycles. The number of carbonyl (C=O) groups excluding carboxylic acids is 2. The zero-order valence-electron chi connectivity index (χ0n) is 9.91. The summed E-state index contributed by atoms with van der Waals surface area (Å²) in [5.41, 5.74) is 5.69. The first-order valence-corrected chi connectivity index (χ1v) is 6.66. The van der Waals surface area contributed by atoms with Gasteiger partial charge in [-0.1, -0.05) is 13.8 Å². The van der Waals surface area contributed by atoms with Crippen LogP contribution in [0.3, 0.4) is 0 Å². The van der Waals surface area contributed by atoms with Crippen LogP contribution >= 0.6 is 11.8 Å². The predicted molar refractivity (Wildman–Crippen MR) is 67.4 cm³/mol. The second-order valence-corrected chi connectivity index (χ2v) is 4.52. The van der Waals surface area contributed by atoms with Crippen LogP contribution in [-0.4, -0.2) is 36.0 Å². The van der Waals surface area contributed by atoms with E-state index in [4.69, 9.17) is 5.73 Å². The number of rotatable bonds is 7. The number of nitrogens with two attached hydrogens (primary N) is 1. The third-order valence-corrected chi connectivity index (χ3v) is 3.01. The molecule has 1 unspecified atom stereocenters. The highest BCUT2D eigenvalue weighted by Gasteiger charge is 2.07. The lowest BCUT2D eigenvalue weighted by Crippen LogP contribution is -2.40. The van der Waals surface area contributed by atoms with Crippen LogP contribution in [0, 0.1) is 0 Å². The highest BCUT2D eigenvalue weighted by atomic mass is 32.2. The van der Waals surface area contributed by atoms with Gasteiger partial charge in [0.2, 0.25) is 5.91 Å². The van der Waals surface area contributed by atoms with Gasteiger partial charge in [0, 0.05) is 18.3 Å². The Balaban J connectivity index is 3.54. The van der Waals surface area contributed by atoms with Crippen molar-refractivity contribution in [2.45, 2.75) is 32.7 Å². The zero-order chi connectivity index (χ0) is 12.4. The molecular weight excluding hydrogens is 226 g/mol. The van der Waals surface area contributed by atoms with Crippen LogP contribution in [-0.2, 0) is 4.79 Å². The Morgan fingerprint density at radius 3 is 2.62 bits per heavy atom. The molecule has 6 heteroatoms. The lowest BCUT2D eigenvalue weighted by Gasteiger charge is -2.08. The van der Waals surface area contributed by atoms with Crippen molar-refractivity contribution in [3.63, 3.8) is 0 Å². The van der Waals surface area contributed by atoms with Crippen molar-refractivity contribution in [1.82, 2.24) is 10.6 Å². The summed E-state index contributed by atoms with van der Waals surface area (Å²) in [5.74, 6) is 0.732. The quantitative estimate of drug-likeness (QED) is 0.618. The molecule has 16 heavy (non-hydrogen) atoms. The molecule has 0 aromatic rings. The number of urea groups is 1. The van der Waals surface area contributed by atoms with Crippen molar-refractivity contribution >= 4 is 23.7 Å². The van der Waals surface area contributed by atoms with Gasteiger partial charge in [0.25, 0.3) is 0 Å². The molecule has 0 saturated heterocycles. The standard InChI is InChI=1S/C10H21N3O2S/c1-3-5-12-10(15)13-9(14)7-16-6-8(11)4-2/h8H,3-7,11H2,1-2H3,(H2,12,13,14,15). The molecule has 0 radical (unpaired) electrons. The monoisotopic (exact) mass is 247 g/mol. The summed E-state index contributed by atoms with van der Waals surface area (Å²) in [5, 5.41) is 4.82. The summed E-state index contributed by atoms with van der Waals surface area (Å²) in [6.45, 7) is 4.53. The maximum absolute atomic E-state index is 11.3. The van der Waals surface area contributed by atoms with E-state index in [0.29, 0.717) is 6.54 Å². The van der Waals surface area contributed by atoms with Crippen LogP contribution in [0.1, 0.15) is 26.7 Å². The number of hydrogen-bond donors (Lipinski definition) is 3. The largest absolute Gasteiger partial charge is 0.338 e. The molecule has 0 spiro atoms. The number of carbonyl (C=O) groups is 2. The van der Waals surface area contributed by atoms with Crippen LogP contribution in [0.2, 0.25) is 0 Å². The van der Waals surface area contributed by atoms with Crippen molar-refractivity contribution in [2.24, 2.45) is 5.73 Å². The number of imide groups is 1. The van der Waals surface area contributed by atoms with Gasteiger partial charge in [0.15, 0.2) is 0 Å². The van der Waals surface area contributed by atoms with E-state index in [1.807, 2.05) is 13.8 Å². The van der Waals surface area contributed by atoms with Crippen LogP contribution in [0.5, 0.6) is 0 Å². The molecule has 0 bridgehead atoms. The van der Waals surface area contributed by atoms with Gasteiger partial charge in [-0.05, 0) is 12.8 Å². The number of hydrogen-bond acceptors (Lipinski definition) is 4. The van der Waals surface area contributed by atoms with Crippen LogP contribution < -0.4 is 16.4 Å². The van der Waals surface area contributed by atoms with E-state index < -0.39 is 6.03 Å². The smallest absolute Gasteiger partial charge is 0.321 e. The lowest BCUT2D eigenvalue weighted by atomic mass is 10.3. The molecule has 0 saturated carbocycles. The van der Waals surface area contributed by atoms with Crippen molar-refractivity contribution in [3.05, 3.63) is 0 Å². The van der Waals surface area contributed by atoms with E-state index in [1.165, 1.54) is 11.8 Å². The molecule has 0 aliphatic rings. The van der Waals surface area contributed by atoms with Crippen LogP contribution in [0.25, 0.3) is 0 Å². The molecule has 0 fully saturated rings. The Morgan fingerprint density at radius 1 is 1.38 bits per heavy atom. The number of amides is 3. The Hall–Kier alpha value is -0.750. The first-order chi connectivity index (χ1) is 7.60. The minimum absolute atomic E-state index is 0.117. The summed E-state index contributed by atoms with van der Waals surface area (Å²) in [6, 6.07) is -0.307. The van der Waals surface area contributed by atoms with Gasteiger partial charge >= 0.3 is 6.03 Å². The first-order valence-electron chi connectivity index (χ1n) is 5.51. The molecule has 0 aromatic heterocycles. The maximum atomic E-state index is 11.3. The Labute approximate surface area is 101 Å². The fourth-order valence-electron chi connectivity index (χ4n) is 0.866. The minimum atomic E-state index is -0.424. The van der Waals surface area contributed by atoms with Gasteiger partial charge in [-0.3, -0.25) is 10.1 Å². The molecule has 0 aliphatic heterocycles. The van der Waals surface area contributed by atoms with E-state index >= 15 is 0 Å². The van der Waals surface area contributed by atoms with Crippen LogP contribution in [0.4, 0.5) is 4.79 Å². The van der Waals surface area contributed by atoms with Crippen molar-refractivity contribution in [3.8, 4) is 0 Å². The second-order valence-electron chi connectivity index (χ2n) is 3.49. The van der Waals surface area contributed by atoms with Gasteiger partial charge in [-0.2, -0.15) is 11.8 Å². The molecule has 0 rings (SSSR count). The van der Waals surface area contributed by atoms with Gasteiger partial charge in [-0.25, -0.2) is 4.79 Å². The van der Waals surface area contributed by atoms with Crippen molar-refractivity contribution < 1.29 is 9.59 Å². The molecular formula is C10H21N3O2S. The minimum Gasteiger partial charge on any atom is -0.338 e. The highest BCUT2D eigenvalue weighted by molar-refractivity contribution is 8.00. The topological polar surface area (TPSA) is 84.2 Å². The van der Waals surface area contributed by atoms with E-state index in [1.54, 1.807) is 0 Å². The molecule has 0 aliphatic carbocycles. The summed E-state index contributed by atoms with van der Waals surface area (Å²) in [6.07, 6.45) is 1.74. The van der Waals surface area contributed by atoms with Gasteiger partial charge in [0.05, 0.1) is 5.75 Å². The van der Waals surface area contributed by atoms with E-state index in [0.717, 1.165) is 18.6 Å². The molecule has 5 nitrogen and oxygen atoms in total. The summed E-state index contributed by atoms with van der Waals surface area (Å²) in [7, 11) is 0. The number of thioether (sulfide) groups is 1. The molecule has 0 aromatic carbocycles. The average Bonchev–Trinajstić information content (AvgIpc) is 2.25. The van der Waals surface area contributed by atoms with E-state index in [2.05, 4.69) is 10.6 Å². The van der Waals surface area contributed by atoms with Gasteiger partial charge in [0.1, 0.15) is 0 Å². The predicted octanol–water partition coefficient (Wildman–Crippen LogP) is 0.693. The average molecular weight is 247 g/mol. The van der Waals surface area contributed by atoms with Gasteiger partial charge < -0.3 is 11.1 Å². The summed E-state index contributed by atoms with van der Waals surface area (Å²) in [4.78, 5) is 22.3. The molecule has 4 N–H and O–H groups in total.